The van der Waals surface area contributed by atoms with Crippen molar-refractivity contribution >= 4 is 56.2 Å². The molecule has 15 rings (SSSR count). The van der Waals surface area contributed by atoms with Crippen LogP contribution in [0.2, 0.25) is 0 Å². The lowest BCUT2D eigenvalue weighted by Crippen LogP contribution is -2.17. The highest BCUT2D eigenvalue weighted by Crippen LogP contribution is 2.53. The summed E-state index contributed by atoms with van der Waals surface area (Å²) in [5, 5.41) is 0. The Balaban J connectivity index is 0.846. The fourth-order valence-corrected chi connectivity index (χ4v) is 12.4. The van der Waals surface area contributed by atoms with E-state index in [1.807, 2.05) is 0 Å². The molecule has 0 amide bonds. The van der Waals surface area contributed by atoms with Crippen LogP contribution in [0.5, 0.6) is 0 Å². The van der Waals surface area contributed by atoms with Gasteiger partial charge in [-0.1, -0.05) is 196 Å². The van der Waals surface area contributed by atoms with Gasteiger partial charge in [0.25, 0.3) is 0 Å². The first kappa shape index (κ1) is 49.2. The van der Waals surface area contributed by atoms with Crippen LogP contribution in [0.25, 0.3) is 89.6 Å². The minimum absolute atomic E-state index is 0.368. The Bertz CT molecular complexity index is 4380. The van der Waals surface area contributed by atoms with Gasteiger partial charge in [0, 0.05) is 62.0 Å². The van der Waals surface area contributed by atoms with E-state index in [4.69, 9.17) is 9.97 Å². The predicted octanol–water partition coefficient (Wildman–Crippen LogP) is 20.3. The van der Waals surface area contributed by atoms with Crippen molar-refractivity contribution in [3.8, 4) is 67.5 Å². The maximum absolute atomic E-state index is 5.29. The smallest absolute Gasteiger partial charge is 0.145 e. The molecule has 0 atom stereocenters. The molecule has 394 valence electrons. The van der Waals surface area contributed by atoms with E-state index in [0.29, 0.717) is 0 Å². The van der Waals surface area contributed by atoms with Gasteiger partial charge in [0.2, 0.25) is 0 Å². The molecule has 0 fully saturated rings. The summed E-state index contributed by atoms with van der Waals surface area (Å²) in [6.45, 7) is 4.76. The zero-order valence-electron chi connectivity index (χ0n) is 46.1. The number of rotatable bonds is 12. The van der Waals surface area contributed by atoms with Crippen LogP contribution in [0.1, 0.15) is 25.0 Å². The number of para-hydroxylation sites is 6. The zero-order valence-corrected chi connectivity index (χ0v) is 46.1. The Kier molecular flexibility index (Phi) is 12.1. The van der Waals surface area contributed by atoms with Crippen molar-refractivity contribution in [1.29, 1.82) is 0 Å². The molecule has 6 heteroatoms. The molecule has 6 nitrogen and oxygen atoms in total. The maximum atomic E-state index is 5.29. The van der Waals surface area contributed by atoms with Crippen LogP contribution in [0.4, 0.5) is 34.1 Å². The first-order valence-corrected chi connectivity index (χ1v) is 28.4. The SMILES string of the molecule is CC1(C)c2cc(N(c3ccc(-c4ccccc4)cc3)c3cccc(-c4nc5ccccc5n4-c4ccccc4)c3)ccc2-c2ccc(N(c3ccc(-c4ccccc4)cc3)c3cccc(-c4nc5ccccc5n4-c4ccccc4)c3)cc21. The number of anilines is 6. The normalized spacial score (nSPS) is 12.3. The zero-order chi connectivity index (χ0) is 55.4. The highest BCUT2D eigenvalue weighted by Gasteiger charge is 2.37. The minimum atomic E-state index is -0.368. The summed E-state index contributed by atoms with van der Waals surface area (Å²) in [6, 6.07) is 109. The topological polar surface area (TPSA) is 42.1 Å². The molecule has 2 heterocycles. The number of benzene rings is 12. The van der Waals surface area contributed by atoms with Crippen molar-refractivity contribution in [2.45, 2.75) is 19.3 Å². The molecule has 0 radical (unpaired) electrons. The summed E-state index contributed by atoms with van der Waals surface area (Å²) in [4.78, 5) is 15.4. The summed E-state index contributed by atoms with van der Waals surface area (Å²) in [7, 11) is 0. The van der Waals surface area contributed by atoms with E-state index in [0.717, 1.165) is 90.3 Å². The van der Waals surface area contributed by atoms with Gasteiger partial charge >= 0.3 is 0 Å². The fraction of sp³-hybridized carbons (Fsp3) is 0.0390. The Morgan fingerprint density at radius 3 is 1.01 bits per heavy atom. The van der Waals surface area contributed by atoms with Gasteiger partial charge in [0.1, 0.15) is 11.6 Å². The standard InChI is InChI=1S/C77H56N6/c1-77(2)69-51-65(80(61-41-37-55(38-42-61)53-21-7-3-8-22-53)63-31-19-25-57(49-63)75-78-71-33-15-17-35-73(71)82(75)59-27-11-5-12-28-59)45-47-67(69)68-48-46-66(52-70(68)77)81(62-43-39-56(40-44-62)54-23-9-4-10-24-54)64-32-20-26-58(50-64)76-79-72-34-16-18-36-74(72)83(76)60-29-13-6-14-30-60/h3-52H,1-2H3. The number of imidazole rings is 2. The van der Waals surface area contributed by atoms with Crippen molar-refractivity contribution in [3.05, 3.63) is 314 Å². The summed E-state index contributed by atoms with van der Waals surface area (Å²) in [5.74, 6) is 1.78. The van der Waals surface area contributed by atoms with Gasteiger partial charge in [0.05, 0.1) is 22.1 Å². The average molecular weight is 1070 g/mol. The molecule has 0 unspecified atom stereocenters. The largest absolute Gasteiger partial charge is 0.310 e. The summed E-state index contributed by atoms with van der Waals surface area (Å²) >= 11 is 0. The second-order valence-corrected chi connectivity index (χ2v) is 21.9. The molecular formula is C77H56N6. The Morgan fingerprint density at radius 2 is 0.602 bits per heavy atom. The van der Waals surface area contributed by atoms with E-state index in [1.165, 1.54) is 44.5 Å². The van der Waals surface area contributed by atoms with E-state index in [2.05, 4.69) is 336 Å². The molecule has 83 heavy (non-hydrogen) atoms. The Hall–Kier alpha value is -10.8. The Labute approximate surface area is 483 Å². The van der Waals surface area contributed by atoms with Crippen molar-refractivity contribution in [2.24, 2.45) is 0 Å². The molecule has 1 aliphatic rings. The third-order valence-electron chi connectivity index (χ3n) is 16.5. The maximum Gasteiger partial charge on any atom is 0.145 e. The van der Waals surface area contributed by atoms with Crippen LogP contribution in [0.3, 0.4) is 0 Å². The minimum Gasteiger partial charge on any atom is -0.310 e. The number of nitrogens with zero attached hydrogens (tertiary/aromatic N) is 6. The van der Waals surface area contributed by atoms with Crippen molar-refractivity contribution in [1.82, 2.24) is 19.1 Å². The van der Waals surface area contributed by atoms with Gasteiger partial charge < -0.3 is 9.80 Å². The second kappa shape index (κ2) is 20.4. The van der Waals surface area contributed by atoms with Crippen molar-refractivity contribution < 1.29 is 0 Å². The predicted molar refractivity (Wildman–Crippen MR) is 344 cm³/mol. The van der Waals surface area contributed by atoms with Gasteiger partial charge in [-0.25, -0.2) is 9.97 Å². The van der Waals surface area contributed by atoms with Crippen LogP contribution < -0.4 is 9.80 Å². The quantitative estimate of drug-likeness (QED) is 0.122. The number of aromatic nitrogens is 4. The lowest BCUT2D eigenvalue weighted by atomic mass is 9.82. The summed E-state index contributed by atoms with van der Waals surface area (Å²) in [6.07, 6.45) is 0. The van der Waals surface area contributed by atoms with Crippen molar-refractivity contribution in [2.75, 3.05) is 9.80 Å². The third kappa shape index (κ3) is 8.76. The third-order valence-corrected chi connectivity index (χ3v) is 16.5. The van der Waals surface area contributed by atoms with E-state index in [-0.39, 0.29) is 5.41 Å². The van der Waals surface area contributed by atoms with Crippen LogP contribution in [0.15, 0.2) is 303 Å². The lowest BCUT2D eigenvalue weighted by Gasteiger charge is -2.29. The molecule has 0 spiro atoms. The molecule has 0 bridgehead atoms. The first-order chi connectivity index (χ1) is 40.9. The molecule has 2 aromatic heterocycles. The molecular weight excluding hydrogens is 1010 g/mol. The molecule has 14 aromatic rings. The molecule has 1 aliphatic carbocycles. The van der Waals surface area contributed by atoms with Crippen LogP contribution in [-0.4, -0.2) is 19.1 Å². The van der Waals surface area contributed by atoms with E-state index >= 15 is 0 Å². The molecule has 0 N–H and O–H groups in total. The fourth-order valence-electron chi connectivity index (χ4n) is 12.4. The number of hydrogen-bond donors (Lipinski definition) is 0. The van der Waals surface area contributed by atoms with E-state index in [9.17, 15) is 0 Å². The molecule has 0 saturated carbocycles. The number of hydrogen-bond acceptors (Lipinski definition) is 4. The van der Waals surface area contributed by atoms with E-state index < -0.39 is 0 Å². The van der Waals surface area contributed by atoms with Crippen LogP contribution in [-0.2, 0) is 5.41 Å². The van der Waals surface area contributed by atoms with Gasteiger partial charge in [-0.2, -0.15) is 0 Å². The van der Waals surface area contributed by atoms with Crippen LogP contribution in [0, 0.1) is 0 Å². The van der Waals surface area contributed by atoms with Gasteiger partial charge in [-0.3, -0.25) is 9.13 Å². The van der Waals surface area contributed by atoms with Crippen molar-refractivity contribution in [3.63, 3.8) is 0 Å². The summed E-state index contributed by atoms with van der Waals surface area (Å²) < 4.78 is 4.55. The Morgan fingerprint density at radius 1 is 0.277 bits per heavy atom. The van der Waals surface area contributed by atoms with Crippen LogP contribution >= 0.6 is 0 Å². The molecule has 0 saturated heterocycles. The van der Waals surface area contributed by atoms with Gasteiger partial charge in [-0.05, 0) is 166 Å². The average Bonchev–Trinajstić information content (AvgIpc) is 2.94. The van der Waals surface area contributed by atoms with Gasteiger partial charge in [0.15, 0.2) is 0 Å². The second-order valence-electron chi connectivity index (χ2n) is 21.9. The molecule has 0 aliphatic heterocycles. The monoisotopic (exact) mass is 1060 g/mol. The number of fused-ring (bicyclic) bond motifs is 5. The highest BCUT2D eigenvalue weighted by atomic mass is 15.2. The van der Waals surface area contributed by atoms with E-state index in [1.54, 1.807) is 0 Å². The summed E-state index contributed by atoms with van der Waals surface area (Å²) in [5.41, 5.74) is 23.9. The molecule has 12 aromatic carbocycles. The first-order valence-electron chi connectivity index (χ1n) is 28.4. The van der Waals surface area contributed by atoms with Gasteiger partial charge in [-0.15, -0.1) is 0 Å². The highest BCUT2D eigenvalue weighted by molar-refractivity contribution is 5.91. The lowest BCUT2D eigenvalue weighted by molar-refractivity contribution is 0.660.